The molecular weight excluding hydrogens is 334 g/mol. The van der Waals surface area contributed by atoms with Gasteiger partial charge >= 0.3 is 0 Å². The number of benzene rings is 2. The molecule has 2 aliphatic rings. The standard InChI is InChI=1S/C21H25NO2.ClH/c1-23-20-13-17-9-11-22-10-8-16(15-6-4-3-5-7-15)12-19(22)18(17)14-21(20)24-2;/h3-7,13-14,16,19H,8-12H2,1-2H3;1H. The quantitative estimate of drug-likeness (QED) is 0.799. The Morgan fingerprint density at radius 1 is 0.960 bits per heavy atom. The minimum absolute atomic E-state index is 0. The van der Waals surface area contributed by atoms with E-state index in [0.29, 0.717) is 12.0 Å². The number of piperidine rings is 1. The summed E-state index contributed by atoms with van der Waals surface area (Å²) in [5, 5.41) is 0. The van der Waals surface area contributed by atoms with Crippen LogP contribution < -0.4 is 9.47 Å². The Morgan fingerprint density at radius 3 is 2.40 bits per heavy atom. The van der Waals surface area contributed by atoms with Gasteiger partial charge in [-0.15, -0.1) is 12.4 Å². The molecule has 0 bridgehead atoms. The first-order valence-electron chi connectivity index (χ1n) is 8.84. The average Bonchev–Trinajstić information content (AvgIpc) is 2.67. The predicted octanol–water partition coefficient (Wildman–Crippen LogP) is 4.60. The summed E-state index contributed by atoms with van der Waals surface area (Å²) in [6.45, 7) is 2.33. The Morgan fingerprint density at radius 2 is 1.68 bits per heavy atom. The number of hydrogen-bond acceptors (Lipinski definition) is 3. The van der Waals surface area contributed by atoms with Crippen molar-refractivity contribution in [3.8, 4) is 11.5 Å². The molecule has 1 fully saturated rings. The summed E-state index contributed by atoms with van der Waals surface area (Å²) in [5.74, 6) is 2.34. The molecule has 4 heteroatoms. The van der Waals surface area contributed by atoms with Crippen molar-refractivity contribution in [1.29, 1.82) is 0 Å². The molecule has 2 aliphatic heterocycles. The Kier molecular flexibility index (Phi) is 5.55. The van der Waals surface area contributed by atoms with Crippen molar-refractivity contribution >= 4 is 12.4 Å². The lowest BCUT2D eigenvalue weighted by Gasteiger charge is -2.43. The van der Waals surface area contributed by atoms with Crippen LogP contribution in [0.25, 0.3) is 0 Å². The summed E-state index contributed by atoms with van der Waals surface area (Å²) in [5.41, 5.74) is 4.33. The van der Waals surface area contributed by atoms with Gasteiger partial charge in [-0.05, 0) is 60.5 Å². The maximum atomic E-state index is 5.55. The number of methoxy groups -OCH3 is 2. The topological polar surface area (TPSA) is 21.7 Å². The van der Waals surface area contributed by atoms with E-state index in [2.05, 4.69) is 47.4 Å². The lowest BCUT2D eigenvalue weighted by molar-refractivity contribution is 0.125. The summed E-state index contributed by atoms with van der Waals surface area (Å²) < 4.78 is 11.0. The van der Waals surface area contributed by atoms with Gasteiger partial charge in [-0.2, -0.15) is 0 Å². The minimum atomic E-state index is 0. The van der Waals surface area contributed by atoms with Gasteiger partial charge in [0.2, 0.25) is 0 Å². The van der Waals surface area contributed by atoms with Gasteiger partial charge in [0.1, 0.15) is 0 Å². The second-order valence-electron chi connectivity index (χ2n) is 6.84. The third-order valence-electron chi connectivity index (χ3n) is 5.66. The number of rotatable bonds is 3. The van der Waals surface area contributed by atoms with Gasteiger partial charge in [0, 0.05) is 12.6 Å². The monoisotopic (exact) mass is 359 g/mol. The number of hydrogen-bond donors (Lipinski definition) is 0. The van der Waals surface area contributed by atoms with Gasteiger partial charge in [-0.25, -0.2) is 0 Å². The molecule has 0 saturated carbocycles. The normalized spacial score (nSPS) is 22.3. The van der Waals surface area contributed by atoms with Crippen molar-refractivity contribution in [2.45, 2.75) is 31.2 Å². The number of ether oxygens (including phenoxy) is 2. The van der Waals surface area contributed by atoms with Gasteiger partial charge in [-0.3, -0.25) is 4.90 Å². The highest BCUT2D eigenvalue weighted by Crippen LogP contribution is 2.45. The summed E-state index contributed by atoms with van der Waals surface area (Å²) in [7, 11) is 3.43. The van der Waals surface area contributed by atoms with E-state index >= 15 is 0 Å². The Bertz CT molecular complexity index is 719. The second-order valence-corrected chi connectivity index (χ2v) is 6.84. The van der Waals surface area contributed by atoms with Crippen molar-refractivity contribution in [1.82, 2.24) is 4.90 Å². The van der Waals surface area contributed by atoms with Gasteiger partial charge in [-0.1, -0.05) is 30.3 Å². The van der Waals surface area contributed by atoms with E-state index in [1.54, 1.807) is 14.2 Å². The maximum absolute atomic E-state index is 5.55. The van der Waals surface area contributed by atoms with Crippen molar-refractivity contribution in [3.63, 3.8) is 0 Å². The molecule has 2 aromatic carbocycles. The van der Waals surface area contributed by atoms with Gasteiger partial charge in [0.05, 0.1) is 14.2 Å². The Hall–Kier alpha value is -1.71. The number of nitrogens with zero attached hydrogens (tertiary/aromatic N) is 1. The van der Waals surface area contributed by atoms with E-state index in [1.807, 2.05) is 0 Å². The molecule has 0 spiro atoms. The molecule has 0 aromatic heterocycles. The van der Waals surface area contributed by atoms with E-state index in [1.165, 1.54) is 36.1 Å². The maximum Gasteiger partial charge on any atom is 0.161 e. The summed E-state index contributed by atoms with van der Waals surface area (Å²) >= 11 is 0. The van der Waals surface area contributed by atoms with Crippen LogP contribution in [0.15, 0.2) is 42.5 Å². The summed E-state index contributed by atoms with van der Waals surface area (Å²) in [6.07, 6.45) is 3.54. The van der Waals surface area contributed by atoms with Crippen LogP contribution in [0.2, 0.25) is 0 Å². The van der Waals surface area contributed by atoms with E-state index in [9.17, 15) is 0 Å². The van der Waals surface area contributed by atoms with Crippen LogP contribution in [0, 0.1) is 0 Å². The van der Waals surface area contributed by atoms with Crippen molar-refractivity contribution < 1.29 is 9.47 Å². The highest BCUT2D eigenvalue weighted by Gasteiger charge is 2.34. The van der Waals surface area contributed by atoms with Crippen LogP contribution in [0.5, 0.6) is 11.5 Å². The Labute approximate surface area is 156 Å². The number of halogens is 1. The fraction of sp³-hybridized carbons (Fsp3) is 0.429. The average molecular weight is 360 g/mol. The zero-order valence-electron chi connectivity index (χ0n) is 14.9. The molecule has 0 aliphatic carbocycles. The fourth-order valence-corrected chi connectivity index (χ4v) is 4.36. The predicted molar refractivity (Wildman–Crippen MR) is 103 cm³/mol. The molecule has 3 nitrogen and oxygen atoms in total. The highest BCUT2D eigenvalue weighted by atomic mass is 35.5. The summed E-state index contributed by atoms with van der Waals surface area (Å²) in [6, 6.07) is 15.8. The van der Waals surface area contributed by atoms with E-state index < -0.39 is 0 Å². The molecule has 2 atom stereocenters. The van der Waals surface area contributed by atoms with Crippen LogP contribution in [0.1, 0.15) is 41.5 Å². The fourth-order valence-electron chi connectivity index (χ4n) is 4.36. The third-order valence-corrected chi connectivity index (χ3v) is 5.66. The van der Waals surface area contributed by atoms with E-state index in [4.69, 9.17) is 9.47 Å². The van der Waals surface area contributed by atoms with Crippen molar-refractivity contribution in [2.24, 2.45) is 0 Å². The first kappa shape index (κ1) is 18.1. The summed E-state index contributed by atoms with van der Waals surface area (Å²) in [4.78, 5) is 2.65. The van der Waals surface area contributed by atoms with Crippen LogP contribution in [-0.2, 0) is 6.42 Å². The van der Waals surface area contributed by atoms with Crippen LogP contribution >= 0.6 is 12.4 Å². The largest absolute Gasteiger partial charge is 0.493 e. The molecule has 2 unspecified atom stereocenters. The minimum Gasteiger partial charge on any atom is -0.493 e. The van der Waals surface area contributed by atoms with Crippen molar-refractivity contribution in [3.05, 3.63) is 59.2 Å². The molecule has 25 heavy (non-hydrogen) atoms. The zero-order chi connectivity index (χ0) is 16.5. The van der Waals surface area contributed by atoms with Gasteiger partial charge in [0.15, 0.2) is 11.5 Å². The molecule has 0 N–H and O–H groups in total. The van der Waals surface area contributed by atoms with Crippen LogP contribution in [0.3, 0.4) is 0 Å². The molecule has 0 radical (unpaired) electrons. The lowest BCUT2D eigenvalue weighted by Crippen LogP contribution is -2.40. The zero-order valence-corrected chi connectivity index (χ0v) is 15.7. The Balaban J connectivity index is 0.00000182. The van der Waals surface area contributed by atoms with Crippen LogP contribution in [0.4, 0.5) is 0 Å². The van der Waals surface area contributed by atoms with Gasteiger partial charge in [0.25, 0.3) is 0 Å². The van der Waals surface area contributed by atoms with Gasteiger partial charge < -0.3 is 9.47 Å². The molecule has 2 aromatic rings. The molecule has 2 heterocycles. The molecule has 1 saturated heterocycles. The third kappa shape index (κ3) is 3.36. The SMILES string of the molecule is COc1cc2c(cc1OC)C1CC(c3ccccc3)CCN1CC2.Cl. The number of fused-ring (bicyclic) bond motifs is 3. The lowest BCUT2D eigenvalue weighted by atomic mass is 9.79. The molecule has 134 valence electrons. The highest BCUT2D eigenvalue weighted by molar-refractivity contribution is 5.85. The van der Waals surface area contributed by atoms with E-state index in [-0.39, 0.29) is 12.4 Å². The molecule has 4 rings (SSSR count). The first-order chi connectivity index (χ1) is 11.8. The molecular formula is C21H26ClNO2. The second kappa shape index (κ2) is 7.67. The molecule has 0 amide bonds. The van der Waals surface area contributed by atoms with Crippen molar-refractivity contribution in [2.75, 3.05) is 27.3 Å². The smallest absolute Gasteiger partial charge is 0.161 e. The van der Waals surface area contributed by atoms with E-state index in [0.717, 1.165) is 24.5 Å². The van der Waals surface area contributed by atoms with Crippen LogP contribution in [-0.4, -0.2) is 32.2 Å². The first-order valence-corrected chi connectivity index (χ1v) is 8.84.